The number of nitro benzene ring substituents is 2. The third-order valence-electron chi connectivity index (χ3n) is 3.97. The summed E-state index contributed by atoms with van der Waals surface area (Å²) in [6, 6.07) is 9.79. The molecule has 0 spiro atoms. The second-order valence-electron chi connectivity index (χ2n) is 6.34. The number of benzene rings is 2. The number of amides is 2. The summed E-state index contributed by atoms with van der Waals surface area (Å²) in [5, 5.41) is 28.4. The number of hydrogen-bond acceptors (Lipinski definition) is 8. The average Bonchev–Trinajstić information content (AvgIpc) is 2.72. The van der Waals surface area contributed by atoms with Crippen LogP contribution in [0, 0.1) is 20.2 Å². The van der Waals surface area contributed by atoms with Crippen LogP contribution in [0.15, 0.2) is 47.6 Å². The Balaban J connectivity index is 1.95. The van der Waals surface area contributed by atoms with Gasteiger partial charge in [-0.25, -0.2) is 5.43 Å². The van der Waals surface area contributed by atoms with Gasteiger partial charge in [-0.2, -0.15) is 5.10 Å². The minimum atomic E-state index is -0.799. The first-order valence-electron chi connectivity index (χ1n) is 8.87. The van der Waals surface area contributed by atoms with Gasteiger partial charge in [0, 0.05) is 29.1 Å². The number of non-ortho nitro benzene ring substituents is 1. The van der Waals surface area contributed by atoms with E-state index in [9.17, 15) is 29.8 Å². The molecule has 0 aliphatic carbocycles. The van der Waals surface area contributed by atoms with E-state index in [1.807, 2.05) is 0 Å². The molecule has 0 aliphatic heterocycles. The number of carbonyl (C=O) groups excluding carboxylic acids is 2. The number of nitrogens with zero attached hydrogens (tertiary/aromatic N) is 3. The number of rotatable bonds is 9. The number of nitrogens with one attached hydrogen (secondary N) is 2. The van der Waals surface area contributed by atoms with Crippen LogP contribution in [0.25, 0.3) is 0 Å². The van der Waals surface area contributed by atoms with Crippen molar-refractivity contribution >= 4 is 34.6 Å². The van der Waals surface area contributed by atoms with Gasteiger partial charge in [0.2, 0.25) is 11.8 Å². The molecular weight excluding hydrogens is 410 g/mol. The molecule has 2 amide bonds. The third-order valence-corrected chi connectivity index (χ3v) is 3.97. The molecule has 0 fully saturated rings. The van der Waals surface area contributed by atoms with Gasteiger partial charge >= 0.3 is 0 Å². The van der Waals surface area contributed by atoms with Gasteiger partial charge in [-0.15, -0.1) is 0 Å². The van der Waals surface area contributed by atoms with Crippen molar-refractivity contribution in [3.63, 3.8) is 0 Å². The Kier molecular flexibility index (Phi) is 7.72. The van der Waals surface area contributed by atoms with E-state index in [2.05, 4.69) is 15.8 Å². The SMILES string of the molecule is COc1cccc(NC(=O)CC(C)=NNC(=O)Cc2ccc([N+](=O)[O-])cc2[N+](=O)[O-])c1. The van der Waals surface area contributed by atoms with Crippen LogP contribution >= 0.6 is 0 Å². The molecule has 0 atom stereocenters. The topological polar surface area (TPSA) is 166 Å². The summed E-state index contributed by atoms with van der Waals surface area (Å²) in [6.07, 6.45) is -0.518. The van der Waals surface area contributed by atoms with Crippen molar-refractivity contribution in [2.75, 3.05) is 12.4 Å². The molecule has 2 aromatic rings. The lowest BCUT2D eigenvalue weighted by Crippen LogP contribution is -2.23. The molecule has 0 radical (unpaired) electrons. The van der Waals surface area contributed by atoms with Crippen molar-refractivity contribution in [2.24, 2.45) is 5.10 Å². The van der Waals surface area contributed by atoms with Crippen molar-refractivity contribution < 1.29 is 24.2 Å². The molecule has 0 saturated heterocycles. The van der Waals surface area contributed by atoms with Gasteiger partial charge in [0.05, 0.1) is 35.9 Å². The molecule has 2 N–H and O–H groups in total. The van der Waals surface area contributed by atoms with E-state index in [0.717, 1.165) is 18.2 Å². The van der Waals surface area contributed by atoms with Crippen LogP contribution < -0.4 is 15.5 Å². The summed E-state index contributed by atoms with van der Waals surface area (Å²) in [7, 11) is 1.51. The Labute approximate surface area is 176 Å². The van der Waals surface area contributed by atoms with Crippen molar-refractivity contribution in [1.29, 1.82) is 0 Å². The van der Waals surface area contributed by atoms with Crippen molar-refractivity contribution in [3.8, 4) is 5.75 Å². The third kappa shape index (κ3) is 6.88. The first-order chi connectivity index (χ1) is 14.7. The van der Waals surface area contributed by atoms with E-state index >= 15 is 0 Å². The highest BCUT2D eigenvalue weighted by atomic mass is 16.6. The summed E-state index contributed by atoms with van der Waals surface area (Å²) >= 11 is 0. The highest BCUT2D eigenvalue weighted by molar-refractivity contribution is 6.05. The summed E-state index contributed by atoms with van der Waals surface area (Å²) in [4.78, 5) is 44.5. The minimum absolute atomic E-state index is 0.00304. The zero-order valence-electron chi connectivity index (χ0n) is 16.7. The Hall–Kier alpha value is -4.35. The molecule has 162 valence electrons. The Morgan fingerprint density at radius 1 is 1.06 bits per heavy atom. The molecule has 2 rings (SSSR count). The molecule has 12 nitrogen and oxygen atoms in total. The van der Waals surface area contributed by atoms with Gasteiger partial charge in [0.15, 0.2) is 0 Å². The van der Waals surface area contributed by atoms with E-state index < -0.39 is 33.5 Å². The summed E-state index contributed by atoms with van der Waals surface area (Å²) in [5.41, 5.74) is 2.05. The quantitative estimate of drug-likeness (QED) is 0.351. The van der Waals surface area contributed by atoms with E-state index in [-0.39, 0.29) is 17.9 Å². The van der Waals surface area contributed by atoms with Crippen LogP contribution in [0.5, 0.6) is 5.75 Å². The summed E-state index contributed by atoms with van der Waals surface area (Å²) in [6.45, 7) is 1.53. The van der Waals surface area contributed by atoms with E-state index in [1.54, 1.807) is 24.3 Å². The molecule has 0 aromatic heterocycles. The maximum Gasteiger partial charge on any atom is 0.279 e. The highest BCUT2D eigenvalue weighted by Gasteiger charge is 2.21. The van der Waals surface area contributed by atoms with Gasteiger partial charge in [0.1, 0.15) is 5.75 Å². The van der Waals surface area contributed by atoms with Crippen molar-refractivity contribution in [1.82, 2.24) is 5.43 Å². The van der Waals surface area contributed by atoms with Crippen LogP contribution in [0.4, 0.5) is 17.1 Å². The maximum atomic E-state index is 12.1. The number of anilines is 1. The van der Waals surface area contributed by atoms with Crippen molar-refractivity contribution in [2.45, 2.75) is 19.8 Å². The lowest BCUT2D eigenvalue weighted by atomic mass is 10.1. The molecule has 0 unspecified atom stereocenters. The van der Waals surface area contributed by atoms with E-state index in [1.165, 1.54) is 14.0 Å². The standard InChI is InChI=1S/C19H19N5O7/c1-12(8-18(25)20-14-4-3-5-16(10-14)31-2)21-22-19(26)9-13-6-7-15(23(27)28)11-17(13)24(29)30/h3-7,10-11H,8-9H2,1-2H3,(H,20,25)(H,22,26). The van der Waals surface area contributed by atoms with Crippen LogP contribution in [-0.2, 0) is 16.0 Å². The van der Waals surface area contributed by atoms with Crippen LogP contribution in [-0.4, -0.2) is 34.5 Å². The van der Waals surface area contributed by atoms with Crippen LogP contribution in [0.3, 0.4) is 0 Å². The molecule has 31 heavy (non-hydrogen) atoms. The number of hydrazone groups is 1. The fraction of sp³-hybridized carbons (Fsp3) is 0.211. The predicted octanol–water partition coefficient (Wildman–Crippen LogP) is 2.58. The van der Waals surface area contributed by atoms with Gasteiger partial charge in [-0.1, -0.05) is 6.07 Å². The second-order valence-corrected chi connectivity index (χ2v) is 6.34. The van der Waals surface area contributed by atoms with Crippen LogP contribution in [0.1, 0.15) is 18.9 Å². The predicted molar refractivity (Wildman–Crippen MR) is 111 cm³/mol. The maximum absolute atomic E-state index is 12.1. The van der Waals surface area contributed by atoms with E-state index in [4.69, 9.17) is 4.74 Å². The number of methoxy groups -OCH3 is 1. The Morgan fingerprint density at radius 2 is 1.81 bits per heavy atom. The van der Waals surface area contributed by atoms with E-state index in [0.29, 0.717) is 17.1 Å². The number of carbonyl (C=O) groups is 2. The first-order valence-corrected chi connectivity index (χ1v) is 8.87. The number of nitro groups is 2. The van der Waals surface area contributed by atoms with Gasteiger partial charge < -0.3 is 10.1 Å². The summed E-state index contributed by atoms with van der Waals surface area (Å²) < 4.78 is 5.07. The molecule has 12 heteroatoms. The molecule has 0 aliphatic rings. The molecule has 0 bridgehead atoms. The largest absolute Gasteiger partial charge is 0.497 e. The lowest BCUT2D eigenvalue weighted by Gasteiger charge is -2.07. The number of hydrogen-bond donors (Lipinski definition) is 2. The van der Waals surface area contributed by atoms with Crippen molar-refractivity contribution in [3.05, 3.63) is 68.3 Å². The van der Waals surface area contributed by atoms with Crippen LogP contribution in [0.2, 0.25) is 0 Å². The van der Waals surface area contributed by atoms with Gasteiger partial charge in [-0.3, -0.25) is 29.8 Å². The fourth-order valence-corrected chi connectivity index (χ4v) is 2.53. The minimum Gasteiger partial charge on any atom is -0.497 e. The number of ether oxygens (including phenoxy) is 1. The monoisotopic (exact) mass is 429 g/mol. The zero-order valence-corrected chi connectivity index (χ0v) is 16.7. The normalized spacial score (nSPS) is 10.8. The lowest BCUT2D eigenvalue weighted by molar-refractivity contribution is -0.394. The highest BCUT2D eigenvalue weighted by Crippen LogP contribution is 2.25. The zero-order chi connectivity index (χ0) is 23.0. The Morgan fingerprint density at radius 3 is 2.45 bits per heavy atom. The second kappa shape index (κ2) is 10.4. The fourth-order valence-electron chi connectivity index (χ4n) is 2.53. The smallest absolute Gasteiger partial charge is 0.279 e. The molecule has 2 aromatic carbocycles. The Bertz CT molecular complexity index is 1050. The first kappa shape index (κ1) is 22.9. The van der Waals surface area contributed by atoms with Gasteiger partial charge in [-0.05, 0) is 25.1 Å². The van der Waals surface area contributed by atoms with Gasteiger partial charge in [0.25, 0.3) is 11.4 Å². The summed E-state index contributed by atoms with van der Waals surface area (Å²) in [5.74, 6) is -0.463. The molecular formula is C19H19N5O7. The average molecular weight is 429 g/mol. The molecule has 0 saturated carbocycles. The molecule has 0 heterocycles.